The summed E-state index contributed by atoms with van der Waals surface area (Å²) in [5, 5.41) is 5.90. The second-order valence-corrected chi connectivity index (χ2v) is 4.17. The van der Waals surface area contributed by atoms with Crippen LogP contribution in [0.15, 0.2) is 35.6 Å². The molecule has 0 aromatic carbocycles. The number of aromatic amines is 1. The molecule has 0 spiro atoms. The molecule has 0 saturated heterocycles. The Morgan fingerprint density at radius 2 is 2.20 bits per heavy atom. The minimum Gasteiger partial charge on any atom is -0.383 e. The van der Waals surface area contributed by atoms with E-state index in [2.05, 4.69) is 25.6 Å². The van der Waals surface area contributed by atoms with Gasteiger partial charge in [0, 0.05) is 37.4 Å². The molecule has 0 aliphatic rings. The number of rotatable bonds is 5. The third-order valence-electron chi connectivity index (χ3n) is 2.65. The van der Waals surface area contributed by atoms with Crippen molar-refractivity contribution in [2.45, 2.75) is 6.92 Å². The third kappa shape index (κ3) is 3.64. The number of hydrogen-bond acceptors (Lipinski definition) is 5. The highest BCUT2D eigenvalue weighted by Crippen LogP contribution is 2.10. The third-order valence-corrected chi connectivity index (χ3v) is 2.65. The van der Waals surface area contributed by atoms with Gasteiger partial charge < -0.3 is 15.6 Å². The molecule has 0 unspecified atom stereocenters. The van der Waals surface area contributed by atoms with E-state index in [0.717, 1.165) is 17.4 Å². The average molecular weight is 273 g/mol. The number of carbonyl (C=O) groups is 1. The van der Waals surface area contributed by atoms with Crippen LogP contribution in [0.5, 0.6) is 0 Å². The van der Waals surface area contributed by atoms with Gasteiger partial charge in [-0.3, -0.25) is 14.6 Å². The topological polar surface area (TPSA) is 99.8 Å². The summed E-state index contributed by atoms with van der Waals surface area (Å²) >= 11 is 0. The van der Waals surface area contributed by atoms with Crippen LogP contribution < -0.4 is 16.2 Å². The van der Waals surface area contributed by atoms with Gasteiger partial charge >= 0.3 is 0 Å². The van der Waals surface area contributed by atoms with E-state index >= 15 is 0 Å². The fourth-order valence-electron chi connectivity index (χ4n) is 1.60. The molecule has 0 aliphatic carbocycles. The Labute approximate surface area is 115 Å². The maximum absolute atomic E-state index is 11.7. The molecule has 104 valence electrons. The molecule has 1 amide bonds. The van der Waals surface area contributed by atoms with Gasteiger partial charge in [0.1, 0.15) is 5.69 Å². The molecule has 2 aromatic heterocycles. The fraction of sp³-hybridized carbons (Fsp3) is 0.231. The minimum atomic E-state index is -0.337. The Hall–Kier alpha value is -2.70. The van der Waals surface area contributed by atoms with Crippen LogP contribution in [0, 0.1) is 6.92 Å². The van der Waals surface area contributed by atoms with Gasteiger partial charge in [-0.05, 0) is 18.6 Å². The molecule has 0 radical (unpaired) electrons. The van der Waals surface area contributed by atoms with E-state index in [0.29, 0.717) is 13.1 Å². The van der Waals surface area contributed by atoms with Crippen molar-refractivity contribution in [1.29, 1.82) is 0 Å². The van der Waals surface area contributed by atoms with Crippen LogP contribution in [-0.2, 0) is 0 Å². The summed E-state index contributed by atoms with van der Waals surface area (Å²) in [7, 11) is 0. The molecule has 20 heavy (non-hydrogen) atoms. The number of amides is 1. The number of hydrogen-bond donors (Lipinski definition) is 3. The summed E-state index contributed by atoms with van der Waals surface area (Å²) in [5.74, 6) is -0.325. The number of nitrogens with one attached hydrogen (secondary N) is 3. The minimum absolute atomic E-state index is 0.185. The lowest BCUT2D eigenvalue weighted by atomic mass is 10.2. The van der Waals surface area contributed by atoms with Crippen LogP contribution >= 0.6 is 0 Å². The highest BCUT2D eigenvalue weighted by molar-refractivity contribution is 5.91. The van der Waals surface area contributed by atoms with Crippen molar-refractivity contribution >= 4 is 11.6 Å². The number of anilines is 1. The second-order valence-electron chi connectivity index (χ2n) is 4.17. The van der Waals surface area contributed by atoms with Crippen molar-refractivity contribution in [3.8, 4) is 0 Å². The number of H-pyrrole nitrogens is 1. The van der Waals surface area contributed by atoms with Gasteiger partial charge in [0.2, 0.25) is 0 Å². The number of nitrogens with zero attached hydrogens (tertiary/aromatic N) is 2. The molecule has 2 heterocycles. The summed E-state index contributed by atoms with van der Waals surface area (Å²) in [6.45, 7) is 2.99. The Bertz CT molecular complexity index is 633. The summed E-state index contributed by atoms with van der Waals surface area (Å²) in [6.07, 6.45) is 5.84. The lowest BCUT2D eigenvalue weighted by Gasteiger charge is -2.09. The number of carbonyl (C=O) groups excluding carboxylic acids is 1. The summed E-state index contributed by atoms with van der Waals surface area (Å²) in [6, 6.07) is 1.88. The maximum Gasteiger partial charge on any atom is 0.271 e. The van der Waals surface area contributed by atoms with Gasteiger partial charge in [-0.15, -0.1) is 0 Å². The lowest BCUT2D eigenvalue weighted by Crippen LogP contribution is -2.30. The first-order valence-electron chi connectivity index (χ1n) is 6.14. The van der Waals surface area contributed by atoms with E-state index in [1.807, 2.05) is 13.0 Å². The molecular weight excluding hydrogens is 258 g/mol. The Morgan fingerprint density at radius 3 is 2.90 bits per heavy atom. The second kappa shape index (κ2) is 6.46. The lowest BCUT2D eigenvalue weighted by molar-refractivity contribution is 0.0949. The first kappa shape index (κ1) is 13.7. The van der Waals surface area contributed by atoms with Crippen molar-refractivity contribution in [2.24, 2.45) is 0 Å². The van der Waals surface area contributed by atoms with Crippen LogP contribution in [0.4, 0.5) is 5.69 Å². The summed E-state index contributed by atoms with van der Waals surface area (Å²) in [5.41, 5.74) is 1.87. The Morgan fingerprint density at radius 1 is 1.35 bits per heavy atom. The monoisotopic (exact) mass is 273 g/mol. The molecule has 7 nitrogen and oxygen atoms in total. The molecule has 7 heteroatoms. The summed E-state index contributed by atoms with van der Waals surface area (Å²) in [4.78, 5) is 32.7. The molecule has 2 aromatic rings. The van der Waals surface area contributed by atoms with Crippen molar-refractivity contribution < 1.29 is 4.79 Å². The predicted molar refractivity (Wildman–Crippen MR) is 74.7 cm³/mol. The van der Waals surface area contributed by atoms with E-state index in [4.69, 9.17) is 0 Å². The molecule has 0 saturated carbocycles. The molecule has 0 bridgehead atoms. The highest BCUT2D eigenvalue weighted by Gasteiger charge is 2.05. The van der Waals surface area contributed by atoms with Gasteiger partial charge in [-0.25, -0.2) is 4.98 Å². The molecule has 3 N–H and O–H groups in total. The van der Waals surface area contributed by atoms with Gasteiger partial charge in [-0.1, -0.05) is 0 Å². The normalized spacial score (nSPS) is 10.1. The van der Waals surface area contributed by atoms with Crippen LogP contribution in [-0.4, -0.2) is 33.9 Å². The predicted octanol–water partition coefficient (Wildman–Crippen LogP) is 0.315. The van der Waals surface area contributed by atoms with Crippen molar-refractivity contribution in [3.63, 3.8) is 0 Å². The van der Waals surface area contributed by atoms with E-state index < -0.39 is 0 Å². The van der Waals surface area contributed by atoms with Crippen LogP contribution in [0.3, 0.4) is 0 Å². The zero-order valence-electron chi connectivity index (χ0n) is 11.0. The van der Waals surface area contributed by atoms with E-state index in [1.165, 1.54) is 6.20 Å². The first-order valence-corrected chi connectivity index (χ1v) is 6.14. The largest absolute Gasteiger partial charge is 0.383 e. The zero-order valence-corrected chi connectivity index (χ0v) is 11.0. The van der Waals surface area contributed by atoms with E-state index in [1.54, 1.807) is 12.4 Å². The molecule has 0 atom stereocenters. The van der Waals surface area contributed by atoms with Gasteiger partial charge in [-0.2, -0.15) is 0 Å². The van der Waals surface area contributed by atoms with Crippen molar-refractivity contribution in [3.05, 3.63) is 52.5 Å². The average Bonchev–Trinajstić information content (AvgIpc) is 2.46. The van der Waals surface area contributed by atoms with Gasteiger partial charge in [0.15, 0.2) is 0 Å². The van der Waals surface area contributed by atoms with E-state index in [-0.39, 0.29) is 17.2 Å². The molecule has 0 fully saturated rings. The van der Waals surface area contributed by atoms with Gasteiger partial charge in [0.25, 0.3) is 11.5 Å². The van der Waals surface area contributed by atoms with Crippen LogP contribution in [0.25, 0.3) is 0 Å². The number of aryl methyl sites for hydroxylation is 1. The molecule has 2 rings (SSSR count). The first-order chi connectivity index (χ1) is 9.66. The Kier molecular flexibility index (Phi) is 4.43. The molecule has 0 aliphatic heterocycles. The quantitative estimate of drug-likeness (QED) is 0.681. The van der Waals surface area contributed by atoms with E-state index in [9.17, 15) is 9.59 Å². The highest BCUT2D eigenvalue weighted by atomic mass is 16.2. The zero-order chi connectivity index (χ0) is 14.4. The van der Waals surface area contributed by atoms with Gasteiger partial charge in [0.05, 0.1) is 6.20 Å². The fourth-order valence-corrected chi connectivity index (χ4v) is 1.60. The van der Waals surface area contributed by atoms with Crippen molar-refractivity contribution in [2.75, 3.05) is 18.4 Å². The Balaban J connectivity index is 1.79. The number of aromatic nitrogens is 3. The summed E-state index contributed by atoms with van der Waals surface area (Å²) < 4.78 is 0. The van der Waals surface area contributed by atoms with Crippen LogP contribution in [0.1, 0.15) is 16.1 Å². The molecular formula is C13H15N5O2. The maximum atomic E-state index is 11.7. The SMILES string of the molecule is Cc1cnccc1NCCNC(=O)c1c[nH]c(=O)cn1. The van der Waals surface area contributed by atoms with Crippen molar-refractivity contribution in [1.82, 2.24) is 20.3 Å². The number of pyridine rings is 1. The standard InChI is InChI=1S/C13H15N5O2/c1-9-6-14-3-2-10(9)15-4-5-16-13(20)11-7-18-12(19)8-17-11/h2-3,6-8H,4-5H2,1H3,(H,14,15)(H,16,20)(H,18,19). The smallest absolute Gasteiger partial charge is 0.271 e. The van der Waals surface area contributed by atoms with Crippen LogP contribution in [0.2, 0.25) is 0 Å².